The summed E-state index contributed by atoms with van der Waals surface area (Å²) >= 11 is 0. The van der Waals surface area contributed by atoms with Gasteiger partial charge >= 0.3 is 11.9 Å². The van der Waals surface area contributed by atoms with Crippen molar-refractivity contribution in [1.29, 1.82) is 0 Å². The highest BCUT2D eigenvalue weighted by molar-refractivity contribution is 5.37. The fourth-order valence-electron chi connectivity index (χ4n) is 2.17. The van der Waals surface area contributed by atoms with Crippen LogP contribution in [0.4, 0.5) is 13.2 Å². The number of alkyl halides is 3. The second-order valence-corrected chi connectivity index (χ2v) is 4.70. The highest BCUT2D eigenvalue weighted by Gasteiger charge is 2.30. The van der Waals surface area contributed by atoms with E-state index < -0.39 is 11.7 Å². The highest BCUT2D eigenvalue weighted by atomic mass is 19.4. The van der Waals surface area contributed by atoms with Gasteiger partial charge in [0.2, 0.25) is 0 Å². The van der Waals surface area contributed by atoms with E-state index in [0.29, 0.717) is 11.4 Å². The van der Waals surface area contributed by atoms with Crippen molar-refractivity contribution in [3.63, 3.8) is 0 Å². The SMILES string of the molecule is O=c1n(-c2ccccc2)ccn1-c1ccc(C(F)(F)F)cc1. The highest BCUT2D eigenvalue weighted by Crippen LogP contribution is 2.29. The van der Waals surface area contributed by atoms with Crippen molar-refractivity contribution in [2.75, 3.05) is 0 Å². The Morgan fingerprint density at radius 3 is 1.73 bits per heavy atom. The first-order valence-electron chi connectivity index (χ1n) is 6.50. The Balaban J connectivity index is 2.00. The molecule has 3 nitrogen and oxygen atoms in total. The molecule has 0 N–H and O–H groups in total. The molecule has 22 heavy (non-hydrogen) atoms. The Labute approximate surface area is 123 Å². The van der Waals surface area contributed by atoms with Crippen LogP contribution < -0.4 is 5.69 Å². The van der Waals surface area contributed by atoms with Crippen LogP contribution >= 0.6 is 0 Å². The molecule has 0 atom stereocenters. The fourth-order valence-corrected chi connectivity index (χ4v) is 2.17. The van der Waals surface area contributed by atoms with E-state index in [1.165, 1.54) is 27.5 Å². The van der Waals surface area contributed by atoms with Gasteiger partial charge in [0.15, 0.2) is 0 Å². The molecule has 0 radical (unpaired) electrons. The number of imidazole rings is 1. The zero-order chi connectivity index (χ0) is 15.7. The van der Waals surface area contributed by atoms with Crippen LogP contribution in [0.15, 0.2) is 71.8 Å². The summed E-state index contributed by atoms with van der Waals surface area (Å²) in [4.78, 5) is 12.4. The third-order valence-corrected chi connectivity index (χ3v) is 3.28. The molecule has 0 aliphatic rings. The number of nitrogens with zero attached hydrogens (tertiary/aromatic N) is 2. The van der Waals surface area contributed by atoms with E-state index in [4.69, 9.17) is 0 Å². The van der Waals surface area contributed by atoms with Crippen LogP contribution in [0.5, 0.6) is 0 Å². The molecule has 6 heteroatoms. The van der Waals surface area contributed by atoms with Crippen molar-refractivity contribution in [1.82, 2.24) is 9.13 Å². The zero-order valence-corrected chi connectivity index (χ0v) is 11.3. The number of rotatable bonds is 2. The molecule has 0 saturated heterocycles. The standard InChI is InChI=1S/C16H11F3N2O/c17-16(18,19)12-6-8-14(9-7-12)21-11-10-20(15(21)22)13-4-2-1-3-5-13/h1-11H. The summed E-state index contributed by atoms with van der Waals surface area (Å²) in [5, 5.41) is 0. The number of benzene rings is 2. The lowest BCUT2D eigenvalue weighted by atomic mass is 10.2. The van der Waals surface area contributed by atoms with E-state index in [-0.39, 0.29) is 5.69 Å². The van der Waals surface area contributed by atoms with Crippen LogP contribution in [0.3, 0.4) is 0 Å². The molecule has 0 bridgehead atoms. The Morgan fingerprint density at radius 1 is 0.727 bits per heavy atom. The number of para-hydroxylation sites is 1. The van der Waals surface area contributed by atoms with Gasteiger partial charge in [-0.2, -0.15) is 13.2 Å². The molecular formula is C16H11F3N2O. The minimum atomic E-state index is -4.39. The molecule has 0 aliphatic carbocycles. The maximum atomic E-state index is 12.6. The quantitative estimate of drug-likeness (QED) is 0.710. The molecule has 112 valence electrons. The lowest BCUT2D eigenvalue weighted by Crippen LogP contribution is -2.21. The predicted octanol–water partition coefficient (Wildman–Crippen LogP) is 3.65. The van der Waals surface area contributed by atoms with Gasteiger partial charge in [0.25, 0.3) is 0 Å². The van der Waals surface area contributed by atoms with Crippen LogP contribution in [0, 0.1) is 0 Å². The third-order valence-electron chi connectivity index (χ3n) is 3.28. The lowest BCUT2D eigenvalue weighted by molar-refractivity contribution is -0.137. The van der Waals surface area contributed by atoms with Gasteiger partial charge in [0, 0.05) is 12.4 Å². The summed E-state index contributed by atoms with van der Waals surface area (Å²) in [6.45, 7) is 0. The molecule has 0 aliphatic heterocycles. The van der Waals surface area contributed by atoms with E-state index in [1.807, 2.05) is 6.07 Å². The summed E-state index contributed by atoms with van der Waals surface area (Å²) in [5.74, 6) is 0. The summed E-state index contributed by atoms with van der Waals surface area (Å²) < 4.78 is 40.4. The second-order valence-electron chi connectivity index (χ2n) is 4.70. The molecule has 0 spiro atoms. The second kappa shape index (κ2) is 5.22. The molecule has 1 heterocycles. The van der Waals surface area contributed by atoms with Gasteiger partial charge < -0.3 is 0 Å². The Kier molecular flexibility index (Phi) is 3.36. The maximum Gasteiger partial charge on any atom is 0.416 e. The van der Waals surface area contributed by atoms with E-state index in [1.54, 1.807) is 30.5 Å². The van der Waals surface area contributed by atoms with Gasteiger partial charge in [-0.1, -0.05) is 18.2 Å². The van der Waals surface area contributed by atoms with Crippen molar-refractivity contribution >= 4 is 0 Å². The molecule has 0 fully saturated rings. The Bertz CT molecular complexity index is 830. The normalized spacial score (nSPS) is 11.6. The van der Waals surface area contributed by atoms with Gasteiger partial charge in [0.05, 0.1) is 16.9 Å². The molecular weight excluding hydrogens is 293 g/mol. The largest absolute Gasteiger partial charge is 0.416 e. The third kappa shape index (κ3) is 2.55. The van der Waals surface area contributed by atoms with Crippen molar-refractivity contribution in [3.05, 3.63) is 83.0 Å². The average molecular weight is 304 g/mol. The minimum absolute atomic E-state index is 0.342. The number of hydrogen-bond acceptors (Lipinski definition) is 1. The van der Waals surface area contributed by atoms with Crippen LogP contribution in [0.1, 0.15) is 5.56 Å². The molecule has 0 unspecified atom stereocenters. The summed E-state index contributed by atoms with van der Waals surface area (Å²) in [6.07, 6.45) is -1.28. The zero-order valence-electron chi connectivity index (χ0n) is 11.3. The van der Waals surface area contributed by atoms with E-state index in [2.05, 4.69) is 0 Å². The van der Waals surface area contributed by atoms with E-state index in [9.17, 15) is 18.0 Å². The number of halogens is 3. The van der Waals surface area contributed by atoms with E-state index in [0.717, 1.165) is 12.1 Å². The average Bonchev–Trinajstić information content (AvgIpc) is 2.89. The summed E-state index contributed by atoms with van der Waals surface area (Å²) in [7, 11) is 0. The molecule has 0 amide bonds. The smallest absolute Gasteiger partial charge is 0.268 e. The topological polar surface area (TPSA) is 26.9 Å². The molecule has 2 aromatic carbocycles. The maximum absolute atomic E-state index is 12.6. The van der Waals surface area contributed by atoms with Crippen molar-refractivity contribution in [3.8, 4) is 11.4 Å². The first kappa shape index (κ1) is 14.2. The van der Waals surface area contributed by atoms with Crippen LogP contribution in [-0.2, 0) is 6.18 Å². The molecule has 1 aromatic heterocycles. The van der Waals surface area contributed by atoms with Crippen molar-refractivity contribution in [2.45, 2.75) is 6.18 Å². The van der Waals surface area contributed by atoms with Crippen molar-refractivity contribution < 1.29 is 13.2 Å². The summed E-state index contributed by atoms with van der Waals surface area (Å²) in [6, 6.07) is 13.5. The minimum Gasteiger partial charge on any atom is -0.268 e. The number of hydrogen-bond donors (Lipinski definition) is 0. The van der Waals surface area contributed by atoms with Crippen LogP contribution in [-0.4, -0.2) is 9.13 Å². The Morgan fingerprint density at radius 2 is 1.23 bits per heavy atom. The van der Waals surface area contributed by atoms with Crippen LogP contribution in [0.2, 0.25) is 0 Å². The predicted molar refractivity (Wildman–Crippen MR) is 76.4 cm³/mol. The van der Waals surface area contributed by atoms with Gasteiger partial charge in [-0.3, -0.25) is 9.13 Å². The summed E-state index contributed by atoms with van der Waals surface area (Å²) in [5.41, 5.74) is -0.0106. The first-order valence-corrected chi connectivity index (χ1v) is 6.50. The van der Waals surface area contributed by atoms with Gasteiger partial charge in [-0.05, 0) is 36.4 Å². The van der Waals surface area contributed by atoms with Crippen LogP contribution in [0.25, 0.3) is 11.4 Å². The Hall–Kier alpha value is -2.76. The fraction of sp³-hybridized carbons (Fsp3) is 0.0625. The monoisotopic (exact) mass is 304 g/mol. The lowest BCUT2D eigenvalue weighted by Gasteiger charge is -2.07. The molecule has 0 saturated carbocycles. The van der Waals surface area contributed by atoms with Crippen molar-refractivity contribution in [2.24, 2.45) is 0 Å². The first-order chi connectivity index (χ1) is 10.5. The number of aromatic nitrogens is 2. The molecule has 3 rings (SSSR count). The van der Waals surface area contributed by atoms with Gasteiger partial charge in [0.1, 0.15) is 0 Å². The van der Waals surface area contributed by atoms with Gasteiger partial charge in [-0.25, -0.2) is 4.79 Å². The van der Waals surface area contributed by atoms with E-state index >= 15 is 0 Å². The van der Waals surface area contributed by atoms with Gasteiger partial charge in [-0.15, -0.1) is 0 Å². The molecule has 3 aromatic rings.